The first-order valence-electron chi connectivity index (χ1n) is 9.97. The molecule has 6 heteroatoms. The maximum Gasteiger partial charge on any atom is 0.251 e. The number of rotatable bonds is 8. The van der Waals surface area contributed by atoms with Gasteiger partial charge in [0.25, 0.3) is 5.91 Å². The zero-order chi connectivity index (χ0) is 22.1. The summed E-state index contributed by atoms with van der Waals surface area (Å²) in [6.45, 7) is 8.53. The lowest BCUT2D eigenvalue weighted by Crippen LogP contribution is -2.45. The van der Waals surface area contributed by atoms with Gasteiger partial charge in [0.05, 0.1) is 11.6 Å². The molecule has 0 aliphatic carbocycles. The van der Waals surface area contributed by atoms with Crippen LogP contribution < -0.4 is 10.6 Å². The minimum atomic E-state index is -0.621. The molecule has 1 unspecified atom stereocenters. The van der Waals surface area contributed by atoms with Gasteiger partial charge >= 0.3 is 0 Å². The van der Waals surface area contributed by atoms with E-state index in [1.54, 1.807) is 36.9 Å². The van der Waals surface area contributed by atoms with Crippen LogP contribution in [0.5, 0.6) is 0 Å². The maximum atomic E-state index is 12.4. The highest BCUT2D eigenvalue weighted by Gasteiger charge is 2.18. The van der Waals surface area contributed by atoms with Gasteiger partial charge in [-0.25, -0.2) is 0 Å². The molecule has 2 aromatic rings. The second-order valence-corrected chi connectivity index (χ2v) is 9.24. The van der Waals surface area contributed by atoms with Crippen LogP contribution >= 0.6 is 11.8 Å². The van der Waals surface area contributed by atoms with E-state index in [2.05, 4.69) is 37.5 Å². The first-order chi connectivity index (χ1) is 14.2. The lowest BCUT2D eigenvalue weighted by atomic mass is 9.86. The van der Waals surface area contributed by atoms with Crippen molar-refractivity contribution in [2.75, 3.05) is 12.3 Å². The summed E-state index contributed by atoms with van der Waals surface area (Å²) in [5.74, 6) is 0.963. The van der Waals surface area contributed by atoms with E-state index in [0.717, 1.165) is 22.6 Å². The van der Waals surface area contributed by atoms with Crippen LogP contribution in [0, 0.1) is 11.3 Å². The molecule has 0 fully saturated rings. The molecule has 2 N–H and O–H groups in total. The van der Waals surface area contributed by atoms with Crippen molar-refractivity contribution in [3.63, 3.8) is 0 Å². The number of thioether (sulfide) groups is 1. The van der Waals surface area contributed by atoms with Crippen LogP contribution in [-0.2, 0) is 16.0 Å². The third-order valence-electron chi connectivity index (χ3n) is 4.70. The van der Waals surface area contributed by atoms with Crippen LogP contribution in [0.25, 0.3) is 0 Å². The summed E-state index contributed by atoms with van der Waals surface area (Å²) >= 11 is 1.65. The van der Waals surface area contributed by atoms with Crippen molar-refractivity contribution >= 4 is 23.6 Å². The molecule has 1 atom stereocenters. The van der Waals surface area contributed by atoms with E-state index < -0.39 is 6.04 Å². The van der Waals surface area contributed by atoms with E-state index in [4.69, 9.17) is 5.26 Å². The van der Waals surface area contributed by atoms with E-state index in [1.807, 2.05) is 30.3 Å². The summed E-state index contributed by atoms with van der Waals surface area (Å²) in [6.07, 6.45) is 0. The minimum Gasteiger partial charge on any atom is -0.353 e. The Morgan fingerprint density at radius 3 is 2.40 bits per heavy atom. The Balaban J connectivity index is 1.74. The van der Waals surface area contributed by atoms with Crippen molar-refractivity contribution in [1.29, 1.82) is 5.26 Å². The van der Waals surface area contributed by atoms with Gasteiger partial charge in [0, 0.05) is 23.6 Å². The van der Waals surface area contributed by atoms with Gasteiger partial charge in [0.15, 0.2) is 0 Å². The predicted octanol–water partition coefficient (Wildman–Crippen LogP) is 4.02. The molecule has 0 saturated heterocycles. The van der Waals surface area contributed by atoms with Gasteiger partial charge in [0.2, 0.25) is 5.91 Å². The van der Waals surface area contributed by atoms with E-state index >= 15 is 0 Å². The standard InChI is InChI=1S/C24H29N3O2S/c1-17(27-23(29)18-9-11-21(12-10-18)24(2,3)4)22(28)26-13-14-30-16-20-8-6-5-7-19(20)15-25/h5-12,17H,13-14,16H2,1-4H3,(H,26,28)(H,27,29). The molecule has 0 spiro atoms. The van der Waals surface area contributed by atoms with Crippen LogP contribution in [0.15, 0.2) is 48.5 Å². The average molecular weight is 424 g/mol. The number of carbonyl (C=O) groups excluding carboxylic acids is 2. The molecule has 0 bridgehead atoms. The normalized spacial score (nSPS) is 12.0. The van der Waals surface area contributed by atoms with E-state index in [-0.39, 0.29) is 17.2 Å². The van der Waals surface area contributed by atoms with Crippen molar-refractivity contribution in [1.82, 2.24) is 10.6 Å². The number of hydrogen-bond donors (Lipinski definition) is 2. The highest BCUT2D eigenvalue weighted by atomic mass is 32.2. The second kappa shape index (κ2) is 10.8. The summed E-state index contributed by atoms with van der Waals surface area (Å²) in [5.41, 5.74) is 3.39. The zero-order valence-corrected chi connectivity index (χ0v) is 18.8. The van der Waals surface area contributed by atoms with Gasteiger partial charge < -0.3 is 10.6 Å². The van der Waals surface area contributed by atoms with Crippen molar-refractivity contribution in [3.8, 4) is 6.07 Å². The number of carbonyl (C=O) groups is 2. The fourth-order valence-corrected chi connectivity index (χ4v) is 3.67. The van der Waals surface area contributed by atoms with Crippen molar-refractivity contribution in [3.05, 3.63) is 70.8 Å². The Kier molecular flexibility index (Phi) is 8.49. The quantitative estimate of drug-likeness (QED) is 0.628. The molecule has 0 saturated carbocycles. The largest absolute Gasteiger partial charge is 0.353 e. The molecule has 5 nitrogen and oxygen atoms in total. The lowest BCUT2D eigenvalue weighted by molar-refractivity contribution is -0.122. The van der Waals surface area contributed by atoms with Crippen LogP contribution in [-0.4, -0.2) is 30.2 Å². The topological polar surface area (TPSA) is 82.0 Å². The molecule has 0 heterocycles. The molecular formula is C24H29N3O2S. The Bertz CT molecular complexity index is 911. The Morgan fingerprint density at radius 1 is 1.10 bits per heavy atom. The fourth-order valence-electron chi connectivity index (χ4n) is 2.80. The highest BCUT2D eigenvalue weighted by Crippen LogP contribution is 2.22. The van der Waals surface area contributed by atoms with Gasteiger partial charge in [-0.3, -0.25) is 9.59 Å². The Hall–Kier alpha value is -2.78. The number of nitrogens with zero attached hydrogens (tertiary/aromatic N) is 1. The zero-order valence-electron chi connectivity index (χ0n) is 18.0. The smallest absolute Gasteiger partial charge is 0.251 e. The first-order valence-corrected chi connectivity index (χ1v) is 11.1. The van der Waals surface area contributed by atoms with Crippen LogP contribution in [0.4, 0.5) is 0 Å². The molecule has 2 rings (SSSR count). The van der Waals surface area contributed by atoms with Crippen LogP contribution in [0.2, 0.25) is 0 Å². The molecule has 30 heavy (non-hydrogen) atoms. The third kappa shape index (κ3) is 6.93. The van der Waals surface area contributed by atoms with Gasteiger partial charge in [-0.05, 0) is 41.7 Å². The van der Waals surface area contributed by atoms with Crippen LogP contribution in [0.1, 0.15) is 54.7 Å². The van der Waals surface area contributed by atoms with E-state index in [1.165, 1.54) is 0 Å². The molecule has 0 radical (unpaired) electrons. The first kappa shape index (κ1) is 23.5. The van der Waals surface area contributed by atoms with Crippen molar-refractivity contribution in [2.24, 2.45) is 0 Å². The third-order valence-corrected chi connectivity index (χ3v) is 5.70. The summed E-state index contributed by atoms with van der Waals surface area (Å²) < 4.78 is 0. The summed E-state index contributed by atoms with van der Waals surface area (Å²) in [4.78, 5) is 24.6. The van der Waals surface area contributed by atoms with Gasteiger partial charge in [-0.2, -0.15) is 17.0 Å². The maximum absolute atomic E-state index is 12.4. The number of benzene rings is 2. The Labute approximate surface area is 183 Å². The van der Waals surface area contributed by atoms with E-state index in [9.17, 15) is 9.59 Å². The summed E-state index contributed by atoms with van der Waals surface area (Å²) in [5, 5.41) is 14.7. The summed E-state index contributed by atoms with van der Waals surface area (Å²) in [6, 6.07) is 16.5. The Morgan fingerprint density at radius 2 is 1.77 bits per heavy atom. The molecule has 2 amide bonds. The molecule has 0 aliphatic rings. The average Bonchev–Trinajstić information content (AvgIpc) is 2.73. The molecule has 158 valence electrons. The van der Waals surface area contributed by atoms with Crippen molar-refractivity contribution < 1.29 is 9.59 Å². The SMILES string of the molecule is CC(NC(=O)c1ccc(C(C)(C)C)cc1)C(=O)NCCSCc1ccccc1C#N. The molecule has 0 aromatic heterocycles. The predicted molar refractivity (Wildman–Crippen MR) is 122 cm³/mol. The lowest BCUT2D eigenvalue weighted by Gasteiger charge is -2.19. The second-order valence-electron chi connectivity index (χ2n) is 8.14. The number of hydrogen-bond acceptors (Lipinski definition) is 4. The molecule has 2 aromatic carbocycles. The monoisotopic (exact) mass is 423 g/mol. The molecule has 0 aliphatic heterocycles. The van der Waals surface area contributed by atoms with Gasteiger partial charge in [-0.15, -0.1) is 0 Å². The number of nitrogens with one attached hydrogen (secondary N) is 2. The number of nitriles is 1. The summed E-state index contributed by atoms with van der Waals surface area (Å²) in [7, 11) is 0. The number of amides is 2. The molecular weight excluding hydrogens is 394 g/mol. The van der Waals surface area contributed by atoms with E-state index in [0.29, 0.717) is 17.7 Å². The van der Waals surface area contributed by atoms with Crippen molar-refractivity contribution in [2.45, 2.75) is 44.9 Å². The highest BCUT2D eigenvalue weighted by molar-refractivity contribution is 7.98. The van der Waals surface area contributed by atoms with Gasteiger partial charge in [-0.1, -0.05) is 51.1 Å². The fraction of sp³-hybridized carbons (Fsp3) is 0.375. The minimum absolute atomic E-state index is 0.0247. The van der Waals surface area contributed by atoms with Gasteiger partial charge in [0.1, 0.15) is 6.04 Å². The van der Waals surface area contributed by atoms with Crippen LogP contribution in [0.3, 0.4) is 0 Å².